The average Bonchev–Trinajstić information content (AvgIpc) is 2.63. The Morgan fingerprint density at radius 2 is 1.18 bits per heavy atom. The van der Waals surface area contributed by atoms with Gasteiger partial charge < -0.3 is 10.6 Å². The fourth-order valence-electron chi connectivity index (χ4n) is 2.15. The normalized spacial score (nSPS) is 11.8. The summed E-state index contributed by atoms with van der Waals surface area (Å²) in [6, 6.07) is 7.66. The van der Waals surface area contributed by atoms with Gasteiger partial charge in [0.05, 0.1) is 17.7 Å². The molecule has 0 radical (unpaired) electrons. The molecular weight excluding hydrogens is 390 g/mol. The van der Waals surface area contributed by atoms with E-state index in [1.54, 1.807) is 0 Å². The van der Waals surface area contributed by atoms with Crippen LogP contribution in [0.3, 0.4) is 0 Å². The molecule has 2 N–H and O–H groups in total. The van der Waals surface area contributed by atoms with Gasteiger partial charge in [0.1, 0.15) is 0 Å². The van der Waals surface area contributed by atoms with Crippen molar-refractivity contribution < 1.29 is 35.9 Å². The van der Waals surface area contributed by atoms with Gasteiger partial charge in [0.25, 0.3) is 5.91 Å². The molecule has 0 spiro atoms. The summed E-state index contributed by atoms with van der Waals surface area (Å²) < 4.78 is 74.8. The van der Waals surface area contributed by atoms with E-state index in [4.69, 9.17) is 0 Å². The van der Waals surface area contributed by atoms with Crippen LogP contribution in [0, 0.1) is 0 Å². The van der Waals surface area contributed by atoms with Crippen LogP contribution in [0.25, 0.3) is 0 Å². The van der Waals surface area contributed by atoms with E-state index in [9.17, 15) is 35.9 Å². The van der Waals surface area contributed by atoms with Crippen molar-refractivity contribution in [1.29, 1.82) is 0 Å². The third-order valence-electron chi connectivity index (χ3n) is 3.65. The van der Waals surface area contributed by atoms with Crippen LogP contribution in [-0.2, 0) is 23.7 Å². The van der Waals surface area contributed by atoms with Crippen molar-refractivity contribution >= 4 is 11.8 Å². The molecule has 10 heteroatoms. The second-order valence-electron chi connectivity index (χ2n) is 5.73. The molecule has 0 heterocycles. The van der Waals surface area contributed by atoms with Gasteiger partial charge in [0.15, 0.2) is 0 Å². The van der Waals surface area contributed by atoms with Crippen LogP contribution < -0.4 is 10.6 Å². The Hall–Kier alpha value is -3.04. The number of amides is 2. The lowest BCUT2D eigenvalue weighted by Gasteiger charge is -2.10. The van der Waals surface area contributed by atoms with Gasteiger partial charge in [-0.1, -0.05) is 12.1 Å². The Kier molecular flexibility index (Phi) is 6.32. The topological polar surface area (TPSA) is 58.2 Å². The van der Waals surface area contributed by atoms with Crippen molar-refractivity contribution in [2.75, 3.05) is 6.54 Å². The Morgan fingerprint density at radius 3 is 1.64 bits per heavy atom. The van der Waals surface area contributed by atoms with E-state index in [0.29, 0.717) is 5.56 Å². The quantitative estimate of drug-likeness (QED) is 0.746. The van der Waals surface area contributed by atoms with Crippen molar-refractivity contribution in [2.45, 2.75) is 18.9 Å². The summed E-state index contributed by atoms with van der Waals surface area (Å²) in [5, 5.41) is 4.65. The van der Waals surface area contributed by atoms with Crippen LogP contribution in [-0.4, -0.2) is 18.4 Å². The van der Waals surface area contributed by atoms with E-state index in [1.165, 1.54) is 12.1 Å². The molecular formula is C18H14F6N2O2. The molecule has 0 fully saturated rings. The van der Waals surface area contributed by atoms with Crippen molar-refractivity contribution in [1.82, 2.24) is 10.6 Å². The number of halogens is 6. The molecule has 0 saturated carbocycles. The minimum Gasteiger partial charge on any atom is -0.350 e. The maximum atomic E-state index is 12.5. The van der Waals surface area contributed by atoms with Crippen LogP contribution in [0.15, 0.2) is 48.5 Å². The van der Waals surface area contributed by atoms with E-state index >= 15 is 0 Å². The monoisotopic (exact) mass is 404 g/mol. The minimum atomic E-state index is -4.52. The van der Waals surface area contributed by atoms with Crippen LogP contribution in [0.2, 0.25) is 0 Å². The van der Waals surface area contributed by atoms with Crippen LogP contribution in [0.1, 0.15) is 27.0 Å². The maximum Gasteiger partial charge on any atom is 0.416 e. The van der Waals surface area contributed by atoms with Gasteiger partial charge in [-0.05, 0) is 42.0 Å². The number of benzene rings is 2. The summed E-state index contributed by atoms with van der Waals surface area (Å²) in [6.45, 7) is -0.492. The molecule has 0 unspecified atom stereocenters. The zero-order valence-electron chi connectivity index (χ0n) is 14.1. The van der Waals surface area contributed by atoms with Crippen molar-refractivity contribution in [3.8, 4) is 0 Å². The zero-order valence-corrected chi connectivity index (χ0v) is 14.1. The maximum absolute atomic E-state index is 12.5. The number of hydrogen-bond acceptors (Lipinski definition) is 2. The molecule has 28 heavy (non-hydrogen) atoms. The predicted octanol–water partition coefficient (Wildman–Crippen LogP) is 3.77. The van der Waals surface area contributed by atoms with Crippen molar-refractivity contribution in [3.63, 3.8) is 0 Å². The number of rotatable bonds is 5. The predicted molar refractivity (Wildman–Crippen MR) is 87.1 cm³/mol. The molecule has 2 aromatic rings. The van der Waals surface area contributed by atoms with Gasteiger partial charge in [0.2, 0.25) is 5.91 Å². The first-order valence-electron chi connectivity index (χ1n) is 7.85. The van der Waals surface area contributed by atoms with Gasteiger partial charge in [-0.3, -0.25) is 9.59 Å². The fraction of sp³-hybridized carbons (Fsp3) is 0.222. The van der Waals surface area contributed by atoms with Gasteiger partial charge in [-0.15, -0.1) is 0 Å². The van der Waals surface area contributed by atoms with E-state index in [2.05, 4.69) is 10.6 Å². The Bertz CT molecular complexity index is 827. The Morgan fingerprint density at radius 1 is 0.714 bits per heavy atom. The van der Waals surface area contributed by atoms with Crippen molar-refractivity contribution in [2.24, 2.45) is 0 Å². The van der Waals surface area contributed by atoms with Crippen LogP contribution >= 0.6 is 0 Å². The van der Waals surface area contributed by atoms with E-state index in [-0.39, 0.29) is 12.1 Å². The lowest BCUT2D eigenvalue weighted by Crippen LogP contribution is -2.36. The first-order chi connectivity index (χ1) is 13.0. The first kappa shape index (κ1) is 21.3. The third-order valence-corrected chi connectivity index (χ3v) is 3.65. The minimum absolute atomic E-state index is 0.0485. The molecule has 150 valence electrons. The molecule has 2 amide bonds. The van der Waals surface area contributed by atoms with Crippen LogP contribution in [0.4, 0.5) is 26.3 Å². The summed E-state index contributed by atoms with van der Waals surface area (Å²) in [4.78, 5) is 23.5. The van der Waals surface area contributed by atoms with Gasteiger partial charge >= 0.3 is 12.4 Å². The number of nitrogens with one attached hydrogen (secondary N) is 2. The largest absolute Gasteiger partial charge is 0.416 e. The summed E-state index contributed by atoms with van der Waals surface area (Å²) in [5.41, 5.74) is -1.34. The van der Waals surface area contributed by atoms with E-state index < -0.39 is 41.8 Å². The summed E-state index contributed by atoms with van der Waals surface area (Å²) in [6.07, 6.45) is -8.97. The zero-order chi connectivity index (χ0) is 20.9. The molecule has 0 aliphatic carbocycles. The molecule has 0 atom stereocenters. The highest BCUT2D eigenvalue weighted by molar-refractivity contribution is 5.96. The van der Waals surface area contributed by atoms with Crippen LogP contribution in [0.5, 0.6) is 0 Å². The van der Waals surface area contributed by atoms with Gasteiger partial charge in [-0.2, -0.15) is 26.3 Å². The lowest BCUT2D eigenvalue weighted by molar-refractivity contribution is -0.138. The Labute approximate surface area is 155 Å². The average molecular weight is 404 g/mol. The standard InChI is InChI=1S/C18H14F6N2O2/c19-17(20,21)13-5-1-11(2-6-13)9-25-15(27)10-26-16(28)12-3-7-14(8-4-12)18(22,23)24/h1-8H,9-10H2,(H,25,27)(H,26,28). The highest BCUT2D eigenvalue weighted by Gasteiger charge is 2.30. The lowest BCUT2D eigenvalue weighted by atomic mass is 10.1. The summed E-state index contributed by atoms with van der Waals surface area (Å²) >= 11 is 0. The highest BCUT2D eigenvalue weighted by Crippen LogP contribution is 2.29. The molecule has 0 aromatic heterocycles. The number of carbonyl (C=O) groups excluding carboxylic acids is 2. The Balaban J connectivity index is 1.81. The molecule has 2 rings (SSSR count). The smallest absolute Gasteiger partial charge is 0.350 e. The molecule has 0 bridgehead atoms. The van der Waals surface area contributed by atoms with E-state index in [0.717, 1.165) is 36.4 Å². The van der Waals surface area contributed by atoms with Gasteiger partial charge in [-0.25, -0.2) is 0 Å². The number of hydrogen-bond donors (Lipinski definition) is 2. The number of alkyl halides is 6. The molecule has 4 nitrogen and oxygen atoms in total. The second kappa shape index (κ2) is 8.32. The van der Waals surface area contributed by atoms with E-state index in [1.807, 2.05) is 0 Å². The first-order valence-corrected chi connectivity index (χ1v) is 7.85. The summed E-state index contributed by atoms with van der Waals surface area (Å²) in [7, 11) is 0. The SMILES string of the molecule is O=C(CNC(=O)c1ccc(C(F)(F)F)cc1)NCc1ccc(C(F)(F)F)cc1. The molecule has 0 saturated heterocycles. The number of carbonyl (C=O) groups is 2. The molecule has 0 aliphatic heterocycles. The highest BCUT2D eigenvalue weighted by atomic mass is 19.4. The summed E-state index contributed by atoms with van der Waals surface area (Å²) in [5.74, 6) is -1.35. The molecule has 0 aliphatic rings. The second-order valence-corrected chi connectivity index (χ2v) is 5.73. The third kappa shape index (κ3) is 6.00. The van der Waals surface area contributed by atoms with Gasteiger partial charge in [0, 0.05) is 12.1 Å². The molecule has 2 aromatic carbocycles. The fourth-order valence-corrected chi connectivity index (χ4v) is 2.15. The van der Waals surface area contributed by atoms with Crippen molar-refractivity contribution in [3.05, 3.63) is 70.8 Å².